The number of thioether (sulfide) groups is 1. The number of hydrogen-bond donors (Lipinski definition) is 1. The first kappa shape index (κ1) is 23.6. The zero-order valence-corrected chi connectivity index (χ0v) is 20.3. The molecule has 4 aromatic rings. The molecule has 10 nitrogen and oxygen atoms in total. The first-order valence-electron chi connectivity index (χ1n) is 10.5. The minimum atomic E-state index is -0.468. The van der Waals surface area contributed by atoms with Gasteiger partial charge in [0.2, 0.25) is 5.91 Å². The zero-order chi connectivity index (χ0) is 24.2. The molecule has 4 rings (SSSR count). The molecule has 1 atom stereocenters. The predicted octanol–water partition coefficient (Wildman–Crippen LogP) is 5.35. The Morgan fingerprint density at radius 3 is 2.79 bits per heavy atom. The van der Waals surface area contributed by atoms with Crippen molar-refractivity contribution in [3.8, 4) is 22.8 Å². The summed E-state index contributed by atoms with van der Waals surface area (Å²) >= 11 is 2.56. The Labute approximate surface area is 203 Å². The van der Waals surface area contributed by atoms with Gasteiger partial charge < -0.3 is 9.73 Å². The fourth-order valence-electron chi connectivity index (χ4n) is 3.15. The quantitative estimate of drug-likeness (QED) is 0.186. The van der Waals surface area contributed by atoms with Gasteiger partial charge in [-0.05, 0) is 25.0 Å². The number of nitrogens with zero attached hydrogens (tertiary/aromatic N) is 5. The largest absolute Gasteiger partial charge is 0.461 e. The lowest BCUT2D eigenvalue weighted by Gasteiger charge is -2.14. The molecular formula is C22H22N6O4S2. The van der Waals surface area contributed by atoms with E-state index < -0.39 is 10.2 Å². The molecule has 0 fully saturated rings. The number of non-ortho nitro benzene ring substituents is 1. The molecule has 3 aromatic heterocycles. The van der Waals surface area contributed by atoms with Gasteiger partial charge in [-0.2, -0.15) is 0 Å². The Morgan fingerprint density at radius 1 is 1.26 bits per heavy atom. The molecule has 12 heteroatoms. The lowest BCUT2D eigenvalue weighted by atomic mass is 10.1. The molecule has 0 spiro atoms. The monoisotopic (exact) mass is 498 g/mol. The second-order valence-corrected chi connectivity index (χ2v) is 10.0. The fourth-order valence-corrected chi connectivity index (χ4v) is 4.74. The van der Waals surface area contributed by atoms with Gasteiger partial charge in [-0.15, -0.1) is 21.5 Å². The lowest BCUT2D eigenvalue weighted by molar-refractivity contribution is -0.384. The van der Waals surface area contributed by atoms with Crippen LogP contribution in [0, 0.1) is 16.0 Å². The second-order valence-electron chi connectivity index (χ2n) is 7.88. The summed E-state index contributed by atoms with van der Waals surface area (Å²) in [6, 6.07) is 9.85. The minimum Gasteiger partial charge on any atom is -0.461 e. The summed E-state index contributed by atoms with van der Waals surface area (Å²) in [6.45, 7) is 6.66. The highest BCUT2D eigenvalue weighted by Gasteiger charge is 2.23. The van der Waals surface area contributed by atoms with E-state index in [2.05, 4.69) is 34.3 Å². The molecule has 3 heterocycles. The van der Waals surface area contributed by atoms with Crippen LogP contribution in [0.5, 0.6) is 0 Å². The van der Waals surface area contributed by atoms with Crippen molar-refractivity contribution in [2.75, 3.05) is 5.32 Å². The van der Waals surface area contributed by atoms with Crippen LogP contribution in [0.4, 0.5) is 10.8 Å². The molecule has 0 bridgehead atoms. The van der Waals surface area contributed by atoms with Gasteiger partial charge in [-0.1, -0.05) is 37.7 Å². The van der Waals surface area contributed by atoms with Gasteiger partial charge in [-0.3, -0.25) is 19.5 Å². The standard InChI is InChI=1S/C22H22N6O4S2/c1-13(2)11-27-19(18-8-5-9-32-18)25-26-22(27)34-14(3)20(29)24-21-23-17(12-33-21)15-6-4-7-16(10-15)28(30)31/h4-10,12-14H,11H2,1-3H3,(H,23,24,29). The van der Waals surface area contributed by atoms with Crippen molar-refractivity contribution >= 4 is 39.8 Å². The van der Waals surface area contributed by atoms with E-state index >= 15 is 0 Å². The number of nitro benzene ring substituents is 1. The number of nitrogens with one attached hydrogen (secondary N) is 1. The maximum atomic E-state index is 12.8. The number of furan rings is 1. The maximum absolute atomic E-state index is 12.8. The van der Waals surface area contributed by atoms with Crippen LogP contribution in [-0.4, -0.2) is 35.8 Å². The molecule has 0 saturated carbocycles. The maximum Gasteiger partial charge on any atom is 0.270 e. The highest BCUT2D eigenvalue weighted by molar-refractivity contribution is 8.00. The first-order valence-corrected chi connectivity index (χ1v) is 12.2. The number of hydrogen-bond acceptors (Lipinski definition) is 9. The number of carbonyl (C=O) groups excluding carboxylic acids is 1. The molecule has 0 radical (unpaired) electrons. The van der Waals surface area contributed by atoms with Crippen LogP contribution in [0.1, 0.15) is 20.8 Å². The molecule has 1 aromatic carbocycles. The van der Waals surface area contributed by atoms with Gasteiger partial charge in [0.25, 0.3) is 5.69 Å². The topological polar surface area (TPSA) is 129 Å². The molecular weight excluding hydrogens is 476 g/mol. The van der Waals surface area contributed by atoms with Crippen LogP contribution in [0.25, 0.3) is 22.8 Å². The third kappa shape index (κ3) is 5.34. The van der Waals surface area contributed by atoms with E-state index in [0.717, 1.165) is 0 Å². The molecule has 0 saturated heterocycles. The van der Waals surface area contributed by atoms with Gasteiger partial charge >= 0.3 is 0 Å². The average molecular weight is 499 g/mol. The molecule has 1 amide bonds. The van der Waals surface area contributed by atoms with Gasteiger partial charge in [0.1, 0.15) is 0 Å². The number of benzene rings is 1. The Morgan fingerprint density at radius 2 is 2.09 bits per heavy atom. The lowest BCUT2D eigenvalue weighted by Crippen LogP contribution is -2.23. The smallest absolute Gasteiger partial charge is 0.270 e. The number of carbonyl (C=O) groups is 1. The van der Waals surface area contributed by atoms with Crippen molar-refractivity contribution in [1.29, 1.82) is 0 Å². The highest BCUT2D eigenvalue weighted by Crippen LogP contribution is 2.30. The van der Waals surface area contributed by atoms with Crippen molar-refractivity contribution in [1.82, 2.24) is 19.7 Å². The Kier molecular flexibility index (Phi) is 7.08. The Bertz CT molecular complexity index is 1300. The molecule has 176 valence electrons. The summed E-state index contributed by atoms with van der Waals surface area (Å²) in [6.07, 6.45) is 1.59. The second kappa shape index (κ2) is 10.2. The molecule has 0 aliphatic heterocycles. The van der Waals surface area contributed by atoms with Crippen LogP contribution in [0.3, 0.4) is 0 Å². The summed E-state index contributed by atoms with van der Waals surface area (Å²) in [5, 5.41) is 24.7. The average Bonchev–Trinajstić information content (AvgIpc) is 3.56. The predicted molar refractivity (Wildman–Crippen MR) is 131 cm³/mol. The molecule has 0 aliphatic rings. The van der Waals surface area contributed by atoms with E-state index in [1.165, 1.54) is 35.2 Å². The molecule has 1 unspecified atom stereocenters. The fraction of sp³-hybridized carbons (Fsp3) is 0.273. The zero-order valence-electron chi connectivity index (χ0n) is 18.7. The van der Waals surface area contributed by atoms with Crippen molar-refractivity contribution < 1.29 is 14.1 Å². The van der Waals surface area contributed by atoms with Crippen molar-refractivity contribution in [2.24, 2.45) is 5.92 Å². The summed E-state index contributed by atoms with van der Waals surface area (Å²) in [5.41, 5.74) is 1.16. The van der Waals surface area contributed by atoms with Gasteiger partial charge in [-0.25, -0.2) is 4.98 Å². The first-order chi connectivity index (χ1) is 16.3. The number of thiazole rings is 1. The van der Waals surface area contributed by atoms with E-state index in [1.807, 2.05) is 10.6 Å². The third-order valence-electron chi connectivity index (χ3n) is 4.74. The summed E-state index contributed by atoms with van der Waals surface area (Å²) in [7, 11) is 0. The number of rotatable bonds is 9. The number of aromatic nitrogens is 4. The van der Waals surface area contributed by atoms with Crippen molar-refractivity contribution in [2.45, 2.75) is 37.7 Å². The van der Waals surface area contributed by atoms with Crippen LogP contribution in [0.2, 0.25) is 0 Å². The van der Waals surface area contributed by atoms with Crippen LogP contribution in [0.15, 0.2) is 57.6 Å². The van der Waals surface area contributed by atoms with Crippen molar-refractivity contribution in [3.05, 3.63) is 58.2 Å². The molecule has 34 heavy (non-hydrogen) atoms. The van der Waals surface area contributed by atoms with E-state index in [1.54, 1.807) is 36.8 Å². The minimum absolute atomic E-state index is 0.0134. The Hall–Kier alpha value is -3.51. The highest BCUT2D eigenvalue weighted by atomic mass is 32.2. The summed E-state index contributed by atoms with van der Waals surface area (Å²) < 4.78 is 7.45. The van der Waals surface area contributed by atoms with Gasteiger partial charge in [0, 0.05) is 29.6 Å². The van der Waals surface area contributed by atoms with Crippen LogP contribution >= 0.6 is 23.1 Å². The number of anilines is 1. The van der Waals surface area contributed by atoms with E-state index in [9.17, 15) is 14.9 Å². The van der Waals surface area contributed by atoms with Gasteiger partial charge in [0.05, 0.1) is 22.1 Å². The van der Waals surface area contributed by atoms with E-state index in [-0.39, 0.29) is 11.6 Å². The molecule has 1 N–H and O–H groups in total. The van der Waals surface area contributed by atoms with E-state index in [0.29, 0.717) is 45.6 Å². The van der Waals surface area contributed by atoms with Gasteiger partial charge in [0.15, 0.2) is 21.9 Å². The third-order valence-corrected chi connectivity index (χ3v) is 6.58. The number of amides is 1. The van der Waals surface area contributed by atoms with Crippen molar-refractivity contribution in [3.63, 3.8) is 0 Å². The van der Waals surface area contributed by atoms with E-state index in [4.69, 9.17) is 4.42 Å². The normalized spacial score (nSPS) is 12.1. The SMILES string of the molecule is CC(C)Cn1c(SC(C)C(=O)Nc2nc(-c3cccc([N+](=O)[O-])c3)cs2)nnc1-c1ccco1. The van der Waals surface area contributed by atoms with Crippen LogP contribution < -0.4 is 5.32 Å². The summed E-state index contributed by atoms with van der Waals surface area (Å²) in [5.74, 6) is 1.35. The Balaban J connectivity index is 1.46. The summed E-state index contributed by atoms with van der Waals surface area (Å²) in [4.78, 5) is 27.8. The van der Waals surface area contributed by atoms with Crippen LogP contribution in [-0.2, 0) is 11.3 Å². The number of nitro groups is 1. The molecule has 0 aliphatic carbocycles.